The van der Waals surface area contributed by atoms with E-state index < -0.39 is 6.10 Å². The predicted octanol–water partition coefficient (Wildman–Crippen LogP) is 2.20. The molecule has 0 fully saturated rings. The molecule has 0 bridgehead atoms. The molecule has 1 rings (SSSR count). The lowest BCUT2D eigenvalue weighted by atomic mass is 10.3. The summed E-state index contributed by atoms with van der Waals surface area (Å²) in [5.74, 6) is 0.755. The van der Waals surface area contributed by atoms with Crippen LogP contribution in [0.3, 0.4) is 0 Å². The summed E-state index contributed by atoms with van der Waals surface area (Å²) in [5.41, 5.74) is 0. The zero-order valence-electron chi connectivity index (χ0n) is 11.4. The van der Waals surface area contributed by atoms with E-state index in [1.807, 2.05) is 38.1 Å². The van der Waals surface area contributed by atoms with Crippen molar-refractivity contribution in [2.75, 3.05) is 26.3 Å². The molecule has 0 aliphatic carbocycles. The summed E-state index contributed by atoms with van der Waals surface area (Å²) >= 11 is 3.36. The molecule has 1 atom stereocenters. The van der Waals surface area contributed by atoms with Gasteiger partial charge in [0.1, 0.15) is 18.5 Å². The van der Waals surface area contributed by atoms with Crippen LogP contribution in [0.2, 0.25) is 0 Å². The fraction of sp³-hybridized carbons (Fsp3) is 0.571. The first-order valence-electron chi connectivity index (χ1n) is 6.46. The molecule has 108 valence electrons. The highest BCUT2D eigenvalue weighted by molar-refractivity contribution is 9.10. The van der Waals surface area contributed by atoms with Gasteiger partial charge in [-0.15, -0.1) is 0 Å². The second-order valence-corrected chi connectivity index (χ2v) is 5.46. The van der Waals surface area contributed by atoms with Crippen molar-refractivity contribution in [2.24, 2.45) is 0 Å². The van der Waals surface area contributed by atoms with E-state index in [4.69, 9.17) is 9.47 Å². The number of hydrogen-bond donors (Lipinski definition) is 2. The largest absolute Gasteiger partial charge is 0.491 e. The monoisotopic (exact) mass is 331 g/mol. The molecule has 19 heavy (non-hydrogen) atoms. The quantitative estimate of drug-likeness (QED) is 0.681. The van der Waals surface area contributed by atoms with Crippen molar-refractivity contribution < 1.29 is 14.6 Å². The van der Waals surface area contributed by atoms with Crippen LogP contribution in [-0.4, -0.2) is 43.6 Å². The van der Waals surface area contributed by atoms with Gasteiger partial charge in [-0.2, -0.15) is 0 Å². The Bertz CT molecular complexity index is 343. The van der Waals surface area contributed by atoms with Crippen molar-refractivity contribution in [3.05, 3.63) is 28.7 Å². The molecule has 5 heteroatoms. The van der Waals surface area contributed by atoms with Crippen LogP contribution in [0.25, 0.3) is 0 Å². The topological polar surface area (TPSA) is 50.7 Å². The number of ether oxygens (including phenoxy) is 2. The van der Waals surface area contributed by atoms with Crippen molar-refractivity contribution in [1.29, 1.82) is 0 Å². The lowest BCUT2D eigenvalue weighted by molar-refractivity contribution is 0.0735. The predicted molar refractivity (Wildman–Crippen MR) is 79.6 cm³/mol. The third-order valence-corrected chi connectivity index (χ3v) is 2.89. The van der Waals surface area contributed by atoms with Crippen LogP contribution in [-0.2, 0) is 4.74 Å². The lowest BCUT2D eigenvalue weighted by Crippen LogP contribution is -2.33. The van der Waals surface area contributed by atoms with Gasteiger partial charge in [-0.25, -0.2) is 0 Å². The molecule has 0 amide bonds. The first kappa shape index (κ1) is 16.4. The van der Waals surface area contributed by atoms with Gasteiger partial charge < -0.3 is 19.9 Å². The molecule has 0 saturated heterocycles. The number of rotatable bonds is 9. The van der Waals surface area contributed by atoms with Gasteiger partial charge >= 0.3 is 0 Å². The zero-order chi connectivity index (χ0) is 14.1. The van der Waals surface area contributed by atoms with E-state index in [9.17, 15) is 5.11 Å². The van der Waals surface area contributed by atoms with Gasteiger partial charge in [0.2, 0.25) is 0 Å². The molecule has 0 aliphatic rings. The standard InChI is InChI=1S/C14H22BrNO3/c1-11(2)18-8-7-16-9-13(17)10-19-14-5-3-12(15)4-6-14/h3-6,11,13,16-17H,7-10H2,1-2H3. The van der Waals surface area contributed by atoms with E-state index in [0.717, 1.165) is 16.8 Å². The van der Waals surface area contributed by atoms with Gasteiger partial charge in [0.05, 0.1) is 12.7 Å². The Hall–Kier alpha value is -0.620. The van der Waals surface area contributed by atoms with Crippen LogP contribution in [0.1, 0.15) is 13.8 Å². The summed E-state index contributed by atoms with van der Waals surface area (Å²) in [6.45, 7) is 6.16. The Labute approximate surface area is 123 Å². The first-order chi connectivity index (χ1) is 9.08. The third kappa shape index (κ3) is 8.21. The number of aliphatic hydroxyl groups excluding tert-OH is 1. The summed E-state index contributed by atoms with van der Waals surface area (Å²) < 4.78 is 11.9. The minimum absolute atomic E-state index is 0.243. The summed E-state index contributed by atoms with van der Waals surface area (Å²) in [5, 5.41) is 12.9. The Morgan fingerprint density at radius 2 is 1.95 bits per heavy atom. The van der Waals surface area contributed by atoms with Gasteiger partial charge in [0.15, 0.2) is 0 Å². The fourth-order valence-corrected chi connectivity index (χ4v) is 1.68. The highest BCUT2D eigenvalue weighted by atomic mass is 79.9. The second-order valence-electron chi connectivity index (χ2n) is 4.54. The number of benzene rings is 1. The molecular formula is C14H22BrNO3. The second kappa shape index (κ2) is 9.31. The van der Waals surface area contributed by atoms with Crippen LogP contribution < -0.4 is 10.1 Å². The highest BCUT2D eigenvalue weighted by Crippen LogP contribution is 2.16. The molecule has 0 saturated carbocycles. The molecule has 2 N–H and O–H groups in total. The van der Waals surface area contributed by atoms with Crippen molar-refractivity contribution in [3.63, 3.8) is 0 Å². The van der Waals surface area contributed by atoms with E-state index >= 15 is 0 Å². The van der Waals surface area contributed by atoms with Crippen LogP contribution in [0, 0.1) is 0 Å². The van der Waals surface area contributed by atoms with E-state index in [1.54, 1.807) is 0 Å². The smallest absolute Gasteiger partial charge is 0.119 e. The lowest BCUT2D eigenvalue weighted by Gasteiger charge is -2.14. The first-order valence-corrected chi connectivity index (χ1v) is 7.26. The Balaban J connectivity index is 2.07. The Morgan fingerprint density at radius 3 is 2.58 bits per heavy atom. The van der Waals surface area contributed by atoms with E-state index in [-0.39, 0.29) is 12.7 Å². The molecule has 0 radical (unpaired) electrons. The molecule has 0 aliphatic heterocycles. The minimum atomic E-state index is -0.525. The molecule has 0 aromatic heterocycles. The van der Waals surface area contributed by atoms with E-state index in [2.05, 4.69) is 21.2 Å². The summed E-state index contributed by atoms with van der Waals surface area (Å²) in [4.78, 5) is 0. The van der Waals surface area contributed by atoms with Crippen molar-refractivity contribution >= 4 is 15.9 Å². The van der Waals surface area contributed by atoms with E-state index in [1.165, 1.54) is 0 Å². The average molecular weight is 332 g/mol. The number of nitrogens with one attached hydrogen (secondary N) is 1. The van der Waals surface area contributed by atoms with Gasteiger partial charge in [-0.05, 0) is 38.1 Å². The molecule has 1 aromatic rings. The SMILES string of the molecule is CC(C)OCCNCC(O)COc1ccc(Br)cc1. The summed E-state index contributed by atoms with van der Waals surface area (Å²) in [6, 6.07) is 7.54. The van der Waals surface area contributed by atoms with Crippen molar-refractivity contribution in [2.45, 2.75) is 26.1 Å². The molecule has 4 nitrogen and oxygen atoms in total. The minimum Gasteiger partial charge on any atom is -0.491 e. The highest BCUT2D eigenvalue weighted by Gasteiger charge is 2.04. The van der Waals surface area contributed by atoms with Crippen LogP contribution >= 0.6 is 15.9 Å². The molecule has 0 heterocycles. The van der Waals surface area contributed by atoms with Gasteiger partial charge in [0.25, 0.3) is 0 Å². The zero-order valence-corrected chi connectivity index (χ0v) is 13.0. The molecule has 1 aromatic carbocycles. The van der Waals surface area contributed by atoms with E-state index in [0.29, 0.717) is 13.2 Å². The molecule has 1 unspecified atom stereocenters. The van der Waals surface area contributed by atoms with Gasteiger partial charge in [0, 0.05) is 17.6 Å². The van der Waals surface area contributed by atoms with Crippen LogP contribution in [0.15, 0.2) is 28.7 Å². The molecular weight excluding hydrogens is 310 g/mol. The summed E-state index contributed by atoms with van der Waals surface area (Å²) in [6.07, 6.45) is -0.282. The fourth-order valence-electron chi connectivity index (χ4n) is 1.42. The molecule has 0 spiro atoms. The van der Waals surface area contributed by atoms with Gasteiger partial charge in [-0.1, -0.05) is 15.9 Å². The number of aliphatic hydroxyl groups is 1. The van der Waals surface area contributed by atoms with Crippen molar-refractivity contribution in [1.82, 2.24) is 5.32 Å². The number of halogens is 1. The van der Waals surface area contributed by atoms with Crippen LogP contribution in [0.4, 0.5) is 0 Å². The maximum atomic E-state index is 9.74. The van der Waals surface area contributed by atoms with Crippen molar-refractivity contribution in [3.8, 4) is 5.75 Å². The number of hydrogen-bond acceptors (Lipinski definition) is 4. The third-order valence-electron chi connectivity index (χ3n) is 2.37. The Kier molecular flexibility index (Phi) is 8.05. The average Bonchev–Trinajstić information content (AvgIpc) is 2.37. The normalized spacial score (nSPS) is 12.7. The maximum Gasteiger partial charge on any atom is 0.119 e. The Morgan fingerprint density at radius 1 is 1.26 bits per heavy atom. The maximum absolute atomic E-state index is 9.74. The summed E-state index contributed by atoms with van der Waals surface area (Å²) in [7, 11) is 0. The van der Waals surface area contributed by atoms with Crippen LogP contribution in [0.5, 0.6) is 5.75 Å². The van der Waals surface area contributed by atoms with Gasteiger partial charge in [-0.3, -0.25) is 0 Å².